The van der Waals surface area contributed by atoms with Crippen LogP contribution in [-0.2, 0) is 47.5 Å². The average Bonchev–Trinajstić information content (AvgIpc) is 3.15. The summed E-state index contributed by atoms with van der Waals surface area (Å²) in [5.74, 6) is -0.836. The van der Waals surface area contributed by atoms with E-state index in [0.717, 1.165) is 25.5 Å². The second-order valence-corrected chi connectivity index (χ2v) is 26.0. The van der Waals surface area contributed by atoms with Gasteiger partial charge in [0.25, 0.3) is 0 Å². The van der Waals surface area contributed by atoms with Crippen molar-refractivity contribution in [1.82, 2.24) is 0 Å². The highest BCUT2D eigenvalue weighted by Gasteiger charge is 2.70. The topological polar surface area (TPSA) is 391 Å². The van der Waals surface area contributed by atoms with Crippen LogP contribution in [0.15, 0.2) is 11.6 Å². The van der Waals surface area contributed by atoms with Crippen LogP contribution in [0.2, 0.25) is 0 Å². The van der Waals surface area contributed by atoms with Crippen molar-refractivity contribution in [1.29, 1.82) is 0 Å². The van der Waals surface area contributed by atoms with Crippen molar-refractivity contribution in [2.75, 3.05) is 26.4 Å². The van der Waals surface area contributed by atoms with Gasteiger partial charge in [0.15, 0.2) is 18.9 Å². The van der Waals surface area contributed by atoms with Gasteiger partial charge in [-0.15, -0.1) is 0 Å². The Morgan fingerprint density at radius 2 is 1.09 bits per heavy atom. The van der Waals surface area contributed by atoms with Gasteiger partial charge in [-0.05, 0) is 104 Å². The quantitative estimate of drug-likeness (QED) is 0.0501. The number of rotatable bonds is 13. The van der Waals surface area contributed by atoms with E-state index in [1.54, 1.807) is 0 Å². The van der Waals surface area contributed by atoms with Crippen LogP contribution in [0.25, 0.3) is 0 Å². The number of fused-ring (bicyclic) bond motifs is 7. The summed E-state index contributed by atoms with van der Waals surface area (Å²) in [4.78, 5) is 28.2. The molecule has 446 valence electrons. The summed E-state index contributed by atoms with van der Waals surface area (Å²) >= 11 is 0. The van der Waals surface area contributed by atoms with Gasteiger partial charge in [-0.3, -0.25) is 4.79 Å². The Bertz CT molecular complexity index is 2170. The maximum absolute atomic E-state index is 15.4. The molecule has 4 saturated carbocycles. The number of hydrogen-bond donors (Lipinski definition) is 14. The predicted octanol–water partition coefficient (Wildman–Crippen LogP) is -2.86. The maximum Gasteiger partial charge on any atom is 0.315 e. The summed E-state index contributed by atoms with van der Waals surface area (Å²) < 4.78 is 46.6. The van der Waals surface area contributed by atoms with Crippen molar-refractivity contribution in [2.24, 2.45) is 50.2 Å². The van der Waals surface area contributed by atoms with Crippen LogP contribution in [0.3, 0.4) is 0 Å². The molecule has 78 heavy (non-hydrogen) atoms. The van der Waals surface area contributed by atoms with Gasteiger partial charge in [-0.1, -0.05) is 53.2 Å². The number of esters is 1. The molecule has 0 aromatic heterocycles. The highest BCUT2D eigenvalue weighted by atomic mass is 16.8. The van der Waals surface area contributed by atoms with Crippen molar-refractivity contribution in [3.05, 3.63) is 11.6 Å². The molecule has 1 unspecified atom stereocenters. The van der Waals surface area contributed by atoms with E-state index in [1.807, 2.05) is 6.92 Å². The van der Waals surface area contributed by atoms with Crippen LogP contribution in [0.4, 0.5) is 0 Å². The Hall–Kier alpha value is -1.96. The highest BCUT2D eigenvalue weighted by molar-refractivity contribution is 5.79. The van der Waals surface area contributed by atoms with E-state index < -0.39 is 172 Å². The largest absolute Gasteiger partial charge is 0.432 e. The molecule has 9 rings (SSSR count). The fourth-order valence-corrected chi connectivity index (χ4v) is 16.1. The molecule has 24 heteroatoms. The standard InChI is InChI=1S/C54H86O24/c1-49(2)13-15-54(16-14-52(5)23(24(54)17-49)7-8-30-50(3)11-10-31(58)51(4,22-57)29(50)9-12-53(30,52)6)48(70)78-47-42(69)43(77-46-41(68)37(64)33(60)26(19-56)74-46)35(62)28(76-47)21-72-45-40(67)38(65)34(61)27(75-45)20-71-44-39(66)36(63)32(59)25(18-55)73-44/h7,22,24-47,55-56,58-69H,8-21H2,1-6H3/t24-,25-,26-,27-,28-,29+,30?,31-,32+,33-,34-,35-,36+,37+,38+,39-,40-,41-,42-,43+,44+,45-,46+,47+,50-,51-,52+,53+,54-/m0/s1. The first kappa shape index (κ1) is 60.6. The predicted molar refractivity (Wildman–Crippen MR) is 263 cm³/mol. The van der Waals surface area contributed by atoms with Crippen molar-refractivity contribution < 1.29 is 119 Å². The Kier molecular flexibility index (Phi) is 17.3. The molecule has 5 aliphatic carbocycles. The van der Waals surface area contributed by atoms with Crippen LogP contribution >= 0.6 is 0 Å². The summed E-state index contributed by atoms with van der Waals surface area (Å²) in [5.41, 5.74) is -1.89. The summed E-state index contributed by atoms with van der Waals surface area (Å²) in [6, 6.07) is 0. The number of carbonyl (C=O) groups is 2. The number of aldehydes is 1. The third kappa shape index (κ3) is 9.87. The van der Waals surface area contributed by atoms with E-state index in [4.69, 9.17) is 37.9 Å². The molecule has 0 aromatic carbocycles. The second-order valence-electron chi connectivity index (χ2n) is 26.0. The van der Waals surface area contributed by atoms with Crippen molar-refractivity contribution in [3.63, 3.8) is 0 Å². The lowest BCUT2D eigenvalue weighted by Gasteiger charge is -2.71. The normalized spacial score (nSPS) is 54.1. The fraction of sp³-hybridized carbons (Fsp3) is 0.926. The Balaban J connectivity index is 0.973. The lowest BCUT2D eigenvalue weighted by molar-refractivity contribution is -0.364. The van der Waals surface area contributed by atoms with E-state index >= 15 is 4.79 Å². The Morgan fingerprint density at radius 1 is 0.577 bits per heavy atom. The molecule has 0 spiro atoms. The molecule has 4 aliphatic heterocycles. The number of hydrogen-bond acceptors (Lipinski definition) is 24. The van der Waals surface area contributed by atoms with Crippen LogP contribution in [0, 0.1) is 50.2 Å². The Labute approximate surface area is 453 Å². The summed E-state index contributed by atoms with van der Waals surface area (Å²) in [7, 11) is 0. The van der Waals surface area contributed by atoms with E-state index in [9.17, 15) is 76.3 Å². The van der Waals surface area contributed by atoms with Gasteiger partial charge in [-0.2, -0.15) is 0 Å². The van der Waals surface area contributed by atoms with Gasteiger partial charge in [0.2, 0.25) is 6.29 Å². The zero-order valence-electron chi connectivity index (χ0n) is 45.3. The second kappa shape index (κ2) is 22.2. The molecule has 0 aromatic rings. The fourth-order valence-electron chi connectivity index (χ4n) is 16.1. The minimum absolute atomic E-state index is 0.0123. The van der Waals surface area contributed by atoms with Crippen LogP contribution in [0.1, 0.15) is 106 Å². The number of ether oxygens (including phenoxy) is 8. The van der Waals surface area contributed by atoms with Gasteiger partial charge in [0, 0.05) is 0 Å². The number of aliphatic hydroxyl groups excluding tert-OH is 14. The van der Waals surface area contributed by atoms with Crippen molar-refractivity contribution in [2.45, 2.75) is 235 Å². The molecule has 0 radical (unpaired) electrons. The summed E-state index contributed by atoms with van der Waals surface area (Å²) in [5, 5.41) is 151. The lowest BCUT2D eigenvalue weighted by atomic mass is 9.33. The SMILES string of the molecule is CC1(C)CC[C@]2(C(=O)O[C@H]3O[C@@H](CO[C@H]4O[C@@H](CO[C@@H]5O[C@@H](CO)[C@@H](O)[C@@H](O)[C@@H]5O)[C@H](O)[C@@H](O)[C@@H]4O)[C@H](O)[C@@H](O[C@H]4O[C@@H](CO)[C@H](O)[C@@H](O)[C@@H]4O)[C@@H]3O)CC[C@]3(C)C(=CCC4[C@@]5(C)CC[C@H](O)[C@@](C)(C=O)[C@@H]5CC[C@]43C)[C@@H]2C1. The zero-order valence-corrected chi connectivity index (χ0v) is 45.3. The first-order valence-corrected chi connectivity index (χ1v) is 27.8. The first-order valence-electron chi connectivity index (χ1n) is 27.8. The number of allylic oxidation sites excluding steroid dienone is 2. The zero-order chi connectivity index (χ0) is 57.0. The minimum Gasteiger partial charge on any atom is -0.432 e. The Morgan fingerprint density at radius 3 is 1.67 bits per heavy atom. The summed E-state index contributed by atoms with van der Waals surface area (Å²) in [6.45, 7) is 10.2. The molecule has 9 aliphatic rings. The molecule has 0 amide bonds. The smallest absolute Gasteiger partial charge is 0.315 e. The lowest BCUT2D eigenvalue weighted by Crippen LogP contribution is -2.66. The molecule has 29 atom stereocenters. The molecule has 24 nitrogen and oxygen atoms in total. The molecule has 4 saturated heterocycles. The maximum atomic E-state index is 15.4. The highest BCUT2D eigenvalue weighted by Crippen LogP contribution is 2.76. The van der Waals surface area contributed by atoms with E-state index in [1.165, 1.54) is 5.57 Å². The molecular formula is C54H86O24. The number of carbonyl (C=O) groups excluding carboxylic acids is 2. The van der Waals surface area contributed by atoms with Gasteiger partial charge < -0.3 is 114 Å². The third-order valence-electron chi connectivity index (χ3n) is 21.4. The first-order chi connectivity index (χ1) is 36.6. The molecule has 4 heterocycles. The summed E-state index contributed by atoms with van der Waals surface area (Å²) in [6.07, 6.45) is -27.1. The van der Waals surface area contributed by atoms with E-state index in [-0.39, 0.29) is 39.4 Å². The minimum atomic E-state index is -2.04. The van der Waals surface area contributed by atoms with Gasteiger partial charge >= 0.3 is 5.97 Å². The van der Waals surface area contributed by atoms with Gasteiger partial charge in [-0.25, -0.2) is 0 Å². The molecule has 8 fully saturated rings. The van der Waals surface area contributed by atoms with Crippen molar-refractivity contribution in [3.8, 4) is 0 Å². The molecule has 14 N–H and O–H groups in total. The van der Waals surface area contributed by atoms with Gasteiger partial charge in [0.05, 0.1) is 43.4 Å². The third-order valence-corrected chi connectivity index (χ3v) is 21.4. The molecular weight excluding hydrogens is 1030 g/mol. The number of aliphatic hydroxyl groups is 14. The van der Waals surface area contributed by atoms with Crippen LogP contribution in [0.5, 0.6) is 0 Å². The van der Waals surface area contributed by atoms with Crippen LogP contribution < -0.4 is 0 Å². The monoisotopic (exact) mass is 1120 g/mol. The van der Waals surface area contributed by atoms with Crippen LogP contribution in [-0.4, -0.2) is 239 Å². The average molecular weight is 1120 g/mol. The van der Waals surface area contributed by atoms with Crippen molar-refractivity contribution >= 4 is 12.3 Å². The van der Waals surface area contributed by atoms with E-state index in [0.29, 0.717) is 44.9 Å². The molecule has 0 bridgehead atoms. The van der Waals surface area contributed by atoms with Gasteiger partial charge in [0.1, 0.15) is 104 Å². The van der Waals surface area contributed by atoms with E-state index in [2.05, 4.69) is 40.7 Å².